The third kappa shape index (κ3) is 2.30. The van der Waals surface area contributed by atoms with Crippen LogP contribution in [0.25, 0.3) is 0 Å². The Morgan fingerprint density at radius 2 is 1.65 bits per heavy atom. The van der Waals surface area contributed by atoms with Crippen molar-refractivity contribution in [1.29, 1.82) is 0 Å². The Hall–Kier alpha value is -0.330. The zero-order chi connectivity index (χ0) is 13.5. The molecule has 1 rings (SSSR count). The van der Waals surface area contributed by atoms with Gasteiger partial charge in [-0.3, -0.25) is 0 Å². The van der Waals surface area contributed by atoms with Crippen LogP contribution in [-0.4, -0.2) is 22.0 Å². The maximum absolute atomic E-state index is 13.6. The standard InChI is InChI=1S/C14H25O2P/c1-13(2,3)17(16,14(4,5)6)12-9-7-8-11(12)10-15/h7-8,15H,9-10H2,1-6H3. The zero-order valence-electron chi connectivity index (χ0n) is 11.9. The highest BCUT2D eigenvalue weighted by molar-refractivity contribution is 7.71. The predicted octanol–water partition coefficient (Wildman–Crippen LogP) is 4.15. The summed E-state index contributed by atoms with van der Waals surface area (Å²) in [5.74, 6) is 0. The molecule has 0 heterocycles. The summed E-state index contributed by atoms with van der Waals surface area (Å²) in [6.07, 6.45) is 4.65. The zero-order valence-corrected chi connectivity index (χ0v) is 12.8. The fourth-order valence-corrected chi connectivity index (χ4v) is 7.38. The molecule has 2 nitrogen and oxygen atoms in total. The average Bonchev–Trinajstić information content (AvgIpc) is 2.60. The Kier molecular flexibility index (Phi) is 3.82. The minimum atomic E-state index is -2.55. The highest BCUT2D eigenvalue weighted by Crippen LogP contribution is 2.73. The summed E-state index contributed by atoms with van der Waals surface area (Å²) in [6.45, 7) is 12.2. The van der Waals surface area contributed by atoms with Gasteiger partial charge in [0.1, 0.15) is 7.14 Å². The molecule has 0 aliphatic heterocycles. The van der Waals surface area contributed by atoms with Gasteiger partial charge in [-0.25, -0.2) is 0 Å². The normalized spacial score (nSPS) is 18.1. The predicted molar refractivity (Wildman–Crippen MR) is 75.0 cm³/mol. The Morgan fingerprint density at radius 1 is 1.18 bits per heavy atom. The van der Waals surface area contributed by atoms with Gasteiger partial charge < -0.3 is 9.67 Å². The monoisotopic (exact) mass is 256 g/mol. The third-order valence-corrected chi connectivity index (χ3v) is 8.45. The molecular formula is C14H25O2P. The highest BCUT2D eigenvalue weighted by atomic mass is 31.2. The Labute approximate surface area is 105 Å². The van der Waals surface area contributed by atoms with Crippen molar-refractivity contribution in [2.75, 3.05) is 6.61 Å². The van der Waals surface area contributed by atoms with Crippen LogP contribution in [0, 0.1) is 0 Å². The molecule has 0 aromatic carbocycles. The lowest BCUT2D eigenvalue weighted by atomic mass is 10.2. The van der Waals surface area contributed by atoms with Crippen LogP contribution in [0.4, 0.5) is 0 Å². The fourth-order valence-electron chi connectivity index (χ4n) is 2.83. The SMILES string of the molecule is CC(C)(C)P(=O)(C1=C(CO)C=CC1)C(C)(C)C. The van der Waals surface area contributed by atoms with Gasteiger partial charge in [-0.05, 0) is 17.3 Å². The lowest BCUT2D eigenvalue weighted by Crippen LogP contribution is -2.29. The highest BCUT2D eigenvalue weighted by Gasteiger charge is 2.49. The minimum Gasteiger partial charge on any atom is -0.392 e. The lowest BCUT2D eigenvalue weighted by molar-refractivity contribution is 0.334. The molecule has 3 heteroatoms. The van der Waals surface area contributed by atoms with Crippen LogP contribution in [0.2, 0.25) is 0 Å². The van der Waals surface area contributed by atoms with Gasteiger partial charge in [-0.1, -0.05) is 53.7 Å². The summed E-state index contributed by atoms with van der Waals surface area (Å²) < 4.78 is 13.6. The quantitative estimate of drug-likeness (QED) is 0.753. The van der Waals surface area contributed by atoms with Gasteiger partial charge >= 0.3 is 0 Å². The van der Waals surface area contributed by atoms with Crippen LogP contribution in [0.1, 0.15) is 48.0 Å². The van der Waals surface area contributed by atoms with E-state index in [4.69, 9.17) is 0 Å². The van der Waals surface area contributed by atoms with Gasteiger partial charge in [-0.15, -0.1) is 0 Å². The number of hydrogen-bond acceptors (Lipinski definition) is 2. The minimum absolute atomic E-state index is 0.0119. The Balaban J connectivity index is 3.44. The van der Waals surface area contributed by atoms with E-state index in [0.717, 1.165) is 17.3 Å². The molecule has 1 aliphatic carbocycles. The van der Waals surface area contributed by atoms with Crippen molar-refractivity contribution in [1.82, 2.24) is 0 Å². The number of aliphatic hydroxyl groups is 1. The van der Waals surface area contributed by atoms with Gasteiger partial charge in [0.2, 0.25) is 0 Å². The topological polar surface area (TPSA) is 37.3 Å². The molecule has 0 unspecified atom stereocenters. The van der Waals surface area contributed by atoms with Crippen LogP contribution in [0.3, 0.4) is 0 Å². The van der Waals surface area contributed by atoms with Crippen LogP contribution in [0.15, 0.2) is 23.0 Å². The van der Waals surface area contributed by atoms with Crippen molar-refractivity contribution < 1.29 is 9.67 Å². The first-order valence-corrected chi connectivity index (χ1v) is 7.86. The van der Waals surface area contributed by atoms with Gasteiger partial charge in [0.15, 0.2) is 0 Å². The first-order valence-electron chi connectivity index (χ1n) is 6.16. The van der Waals surface area contributed by atoms with Crippen molar-refractivity contribution in [3.8, 4) is 0 Å². The van der Waals surface area contributed by atoms with Crippen LogP contribution < -0.4 is 0 Å². The summed E-state index contributed by atoms with van der Waals surface area (Å²) in [5.41, 5.74) is 0.859. The number of aliphatic hydroxyl groups excluding tert-OH is 1. The van der Waals surface area contributed by atoms with E-state index < -0.39 is 7.14 Å². The van der Waals surface area contributed by atoms with Crippen LogP contribution in [-0.2, 0) is 4.57 Å². The number of allylic oxidation sites excluding steroid dienone is 2. The molecule has 0 saturated carbocycles. The maximum Gasteiger partial charge on any atom is 0.122 e. The van der Waals surface area contributed by atoms with Crippen molar-refractivity contribution >= 4 is 7.14 Å². The van der Waals surface area contributed by atoms with Crippen molar-refractivity contribution in [3.63, 3.8) is 0 Å². The molecule has 0 bridgehead atoms. The first-order chi connectivity index (χ1) is 7.55. The molecule has 98 valence electrons. The van der Waals surface area contributed by atoms with Crippen LogP contribution >= 0.6 is 7.14 Å². The summed E-state index contributed by atoms with van der Waals surface area (Å²) in [7, 11) is -2.55. The van der Waals surface area contributed by atoms with Crippen molar-refractivity contribution in [2.45, 2.75) is 58.3 Å². The van der Waals surface area contributed by atoms with Gasteiger partial charge in [0, 0.05) is 10.3 Å². The molecule has 1 N–H and O–H groups in total. The van der Waals surface area contributed by atoms with Gasteiger partial charge in [-0.2, -0.15) is 0 Å². The Bertz CT molecular complexity index is 385. The molecule has 0 amide bonds. The van der Waals surface area contributed by atoms with E-state index in [1.165, 1.54) is 0 Å². The molecule has 0 aromatic rings. The van der Waals surface area contributed by atoms with E-state index in [9.17, 15) is 9.67 Å². The van der Waals surface area contributed by atoms with E-state index in [2.05, 4.69) is 0 Å². The third-order valence-electron chi connectivity index (χ3n) is 3.44. The second kappa shape index (κ2) is 4.40. The van der Waals surface area contributed by atoms with Gasteiger partial charge in [0.25, 0.3) is 0 Å². The summed E-state index contributed by atoms with van der Waals surface area (Å²) in [6, 6.07) is 0. The van der Waals surface area contributed by atoms with E-state index in [1.807, 2.05) is 53.7 Å². The second-order valence-corrected chi connectivity index (χ2v) is 11.1. The largest absolute Gasteiger partial charge is 0.392 e. The lowest BCUT2D eigenvalue weighted by Gasteiger charge is -2.42. The second-order valence-electron chi connectivity index (χ2n) is 6.69. The van der Waals surface area contributed by atoms with Crippen LogP contribution in [0.5, 0.6) is 0 Å². The molecule has 0 spiro atoms. The fraction of sp³-hybridized carbons (Fsp3) is 0.714. The van der Waals surface area contributed by atoms with Gasteiger partial charge in [0.05, 0.1) is 6.61 Å². The molecular weight excluding hydrogens is 231 g/mol. The van der Waals surface area contributed by atoms with E-state index in [1.54, 1.807) is 0 Å². The molecule has 0 fully saturated rings. The summed E-state index contributed by atoms with van der Waals surface area (Å²) >= 11 is 0. The molecule has 0 radical (unpaired) electrons. The summed E-state index contributed by atoms with van der Waals surface area (Å²) in [4.78, 5) is 0. The van der Waals surface area contributed by atoms with E-state index in [-0.39, 0.29) is 16.9 Å². The van der Waals surface area contributed by atoms with Crippen molar-refractivity contribution in [2.24, 2.45) is 0 Å². The number of rotatable bonds is 2. The maximum atomic E-state index is 13.6. The average molecular weight is 256 g/mol. The molecule has 0 aromatic heterocycles. The van der Waals surface area contributed by atoms with E-state index >= 15 is 0 Å². The molecule has 1 aliphatic rings. The summed E-state index contributed by atoms with van der Waals surface area (Å²) in [5, 5.41) is 9.83. The Morgan fingerprint density at radius 3 is 2.00 bits per heavy atom. The first kappa shape index (κ1) is 14.7. The smallest absolute Gasteiger partial charge is 0.122 e. The molecule has 0 atom stereocenters. The number of hydrogen-bond donors (Lipinski definition) is 1. The molecule has 17 heavy (non-hydrogen) atoms. The van der Waals surface area contributed by atoms with E-state index in [0.29, 0.717) is 0 Å². The molecule has 0 saturated heterocycles. The van der Waals surface area contributed by atoms with Crippen molar-refractivity contribution in [3.05, 3.63) is 23.0 Å².